The number of fused-ring (bicyclic) bond motifs is 5. The number of hydrogen-bond acceptors (Lipinski definition) is 6. The zero-order chi connectivity index (χ0) is 30.8. The number of pyridine rings is 1. The van der Waals surface area contributed by atoms with Gasteiger partial charge in [0.15, 0.2) is 5.16 Å². The molecule has 0 unspecified atom stereocenters. The Morgan fingerprint density at radius 1 is 1.00 bits per heavy atom. The number of H-pyrrole nitrogens is 1. The standard InChI is InChI=1S/C33H35FN6OSSi/c1-17(2)43(18(3)4,19(5)6)14-12-21-24(34)10-9-20-15-25-23(16-36-39-25)27(26(20)21)29-30-22(11-13-35-29)28-31(40(30)7)37-33(42-8)38-32(28)41/h9-11,13,15-19H,1-8H3,(H,36,39)(H,37,38,41). The molecule has 0 spiro atoms. The lowest BCUT2D eigenvalue weighted by molar-refractivity contribution is 0.453. The minimum atomic E-state index is -2.16. The first-order valence-corrected chi connectivity index (χ1v) is 18.0. The van der Waals surface area contributed by atoms with Crippen LogP contribution in [-0.2, 0) is 7.05 Å². The van der Waals surface area contributed by atoms with Crippen LogP contribution in [0.5, 0.6) is 5.88 Å². The monoisotopic (exact) mass is 610 g/mol. The summed E-state index contributed by atoms with van der Waals surface area (Å²) in [6.45, 7) is 13.5. The Morgan fingerprint density at radius 3 is 2.40 bits per heavy atom. The van der Waals surface area contributed by atoms with Gasteiger partial charge in [-0.2, -0.15) is 10.1 Å². The van der Waals surface area contributed by atoms with E-state index in [1.807, 2.05) is 30.0 Å². The molecule has 0 aliphatic heterocycles. The number of benzene rings is 2. The first kappa shape index (κ1) is 29.1. The van der Waals surface area contributed by atoms with Gasteiger partial charge in [0, 0.05) is 35.0 Å². The molecule has 0 radical (unpaired) electrons. The summed E-state index contributed by atoms with van der Waals surface area (Å²) < 4.78 is 18.0. The van der Waals surface area contributed by atoms with Crippen LogP contribution >= 0.6 is 11.8 Å². The van der Waals surface area contributed by atoms with Crippen molar-refractivity contribution in [2.45, 2.75) is 63.3 Å². The second-order valence-corrected chi connectivity index (χ2v) is 18.5. The van der Waals surface area contributed by atoms with Gasteiger partial charge in [-0.3, -0.25) is 10.1 Å². The fraction of sp³-hybridized carbons (Fsp3) is 0.333. The minimum Gasteiger partial charge on any atom is -0.493 e. The molecule has 2 aromatic carbocycles. The van der Waals surface area contributed by atoms with Gasteiger partial charge in [0.2, 0.25) is 5.88 Å². The van der Waals surface area contributed by atoms with Gasteiger partial charge in [-0.15, -0.1) is 5.54 Å². The lowest BCUT2D eigenvalue weighted by atomic mass is 9.93. The van der Waals surface area contributed by atoms with Crippen molar-refractivity contribution >= 4 is 63.4 Å². The maximum atomic E-state index is 16.0. The molecule has 0 aliphatic rings. The molecule has 7 nitrogen and oxygen atoms in total. The van der Waals surface area contributed by atoms with E-state index in [1.165, 1.54) is 17.8 Å². The van der Waals surface area contributed by atoms with Gasteiger partial charge in [-0.1, -0.05) is 65.3 Å². The van der Waals surface area contributed by atoms with Crippen LogP contribution in [0.2, 0.25) is 16.6 Å². The third-order valence-corrected chi connectivity index (χ3v) is 15.9. The summed E-state index contributed by atoms with van der Waals surface area (Å²) in [6.07, 6.45) is 5.34. The second-order valence-electron chi connectivity index (χ2n) is 12.1. The molecule has 6 aromatic rings. The number of halogens is 1. The molecule has 4 aromatic heterocycles. The Morgan fingerprint density at radius 2 is 1.72 bits per heavy atom. The maximum Gasteiger partial charge on any atom is 0.225 e. The Labute approximate surface area is 255 Å². The molecule has 0 saturated carbocycles. The average molecular weight is 611 g/mol. The largest absolute Gasteiger partial charge is 0.493 e. The highest BCUT2D eigenvalue weighted by Crippen LogP contribution is 2.44. The van der Waals surface area contributed by atoms with Crippen LogP contribution in [0.3, 0.4) is 0 Å². The highest BCUT2D eigenvalue weighted by Gasteiger charge is 2.41. The van der Waals surface area contributed by atoms with E-state index in [4.69, 9.17) is 9.97 Å². The SMILES string of the molecule is CSc1nc(O)c2c3ccnc(-c4c5cn[nH]c5cc5ccc(F)c(C#C[Si](C(C)C)(C(C)C)C(C)C)c45)c3n(C)c2n1. The van der Waals surface area contributed by atoms with Gasteiger partial charge in [0.1, 0.15) is 19.5 Å². The number of aromatic hydroxyl groups is 1. The van der Waals surface area contributed by atoms with Crippen molar-refractivity contribution in [2.24, 2.45) is 7.05 Å². The van der Waals surface area contributed by atoms with Crippen molar-refractivity contribution in [2.75, 3.05) is 6.26 Å². The molecule has 220 valence electrons. The molecular weight excluding hydrogens is 576 g/mol. The van der Waals surface area contributed by atoms with Crippen LogP contribution in [0, 0.1) is 17.3 Å². The normalized spacial score (nSPS) is 12.5. The van der Waals surface area contributed by atoms with Crippen LogP contribution in [0.1, 0.15) is 47.1 Å². The number of aromatic amines is 1. The van der Waals surface area contributed by atoms with Crippen LogP contribution in [0.15, 0.2) is 41.8 Å². The number of thioether (sulfide) groups is 1. The van der Waals surface area contributed by atoms with Crippen molar-refractivity contribution in [3.05, 3.63) is 48.0 Å². The molecule has 0 aliphatic carbocycles. The van der Waals surface area contributed by atoms with Crippen molar-refractivity contribution < 1.29 is 9.50 Å². The van der Waals surface area contributed by atoms with E-state index in [2.05, 4.69) is 68.2 Å². The lowest BCUT2D eigenvalue weighted by Gasteiger charge is -2.38. The number of aromatic nitrogens is 6. The molecule has 0 saturated heterocycles. The third-order valence-electron chi connectivity index (χ3n) is 9.06. The molecule has 0 fully saturated rings. The van der Waals surface area contributed by atoms with Crippen LogP contribution in [-0.4, -0.2) is 49.2 Å². The van der Waals surface area contributed by atoms with Crippen LogP contribution in [0.4, 0.5) is 4.39 Å². The topological polar surface area (TPSA) is 92.5 Å². The summed E-state index contributed by atoms with van der Waals surface area (Å²) in [4.78, 5) is 13.9. The molecular formula is C33H35FN6OSSi. The number of rotatable bonds is 5. The fourth-order valence-electron chi connectivity index (χ4n) is 7.13. The van der Waals surface area contributed by atoms with Crippen LogP contribution < -0.4 is 0 Å². The Bertz CT molecular complexity index is 2100. The molecule has 0 amide bonds. The summed E-state index contributed by atoms with van der Waals surface area (Å²) in [5.41, 5.74) is 8.87. The maximum absolute atomic E-state index is 16.0. The summed E-state index contributed by atoms with van der Waals surface area (Å²) in [5, 5.41) is 22.5. The first-order valence-electron chi connectivity index (χ1n) is 14.5. The fourth-order valence-corrected chi connectivity index (χ4v) is 12.7. The smallest absolute Gasteiger partial charge is 0.225 e. The number of nitrogens with zero attached hydrogens (tertiary/aromatic N) is 5. The Balaban J connectivity index is 1.78. The highest BCUT2D eigenvalue weighted by atomic mass is 32.2. The number of aryl methyl sites for hydroxylation is 1. The minimum absolute atomic E-state index is 0.0848. The number of hydrogen-bond donors (Lipinski definition) is 2. The summed E-state index contributed by atoms with van der Waals surface area (Å²) in [5.74, 6) is 2.98. The zero-order valence-electron chi connectivity index (χ0n) is 25.7. The summed E-state index contributed by atoms with van der Waals surface area (Å²) >= 11 is 1.36. The van der Waals surface area contributed by atoms with Gasteiger partial charge in [-0.25, -0.2) is 9.37 Å². The van der Waals surface area contributed by atoms with Gasteiger partial charge in [0.05, 0.1) is 33.9 Å². The van der Waals surface area contributed by atoms with E-state index in [0.29, 0.717) is 49.5 Å². The summed E-state index contributed by atoms with van der Waals surface area (Å²) in [7, 11) is -0.257. The quantitative estimate of drug-likeness (QED) is 0.0882. The molecule has 0 atom stereocenters. The van der Waals surface area contributed by atoms with Gasteiger partial charge in [0.25, 0.3) is 0 Å². The van der Waals surface area contributed by atoms with Crippen molar-refractivity contribution in [1.29, 1.82) is 0 Å². The van der Waals surface area contributed by atoms with E-state index in [9.17, 15) is 5.11 Å². The van der Waals surface area contributed by atoms with E-state index < -0.39 is 8.07 Å². The zero-order valence-corrected chi connectivity index (χ0v) is 27.5. The van der Waals surface area contributed by atoms with Gasteiger partial charge < -0.3 is 9.67 Å². The molecule has 10 heteroatoms. The van der Waals surface area contributed by atoms with Gasteiger partial charge >= 0.3 is 0 Å². The lowest BCUT2D eigenvalue weighted by Crippen LogP contribution is -2.43. The first-order chi connectivity index (χ1) is 20.5. The van der Waals surface area contributed by atoms with E-state index in [0.717, 1.165) is 32.8 Å². The molecule has 4 heterocycles. The third kappa shape index (κ3) is 4.32. The summed E-state index contributed by atoms with van der Waals surface area (Å²) in [6, 6.07) is 7.15. The van der Waals surface area contributed by atoms with Gasteiger partial charge in [-0.05, 0) is 46.5 Å². The Kier molecular flexibility index (Phi) is 7.22. The Hall–Kier alpha value is -3.94. The van der Waals surface area contributed by atoms with Crippen molar-refractivity contribution in [3.63, 3.8) is 0 Å². The molecule has 2 N–H and O–H groups in total. The van der Waals surface area contributed by atoms with Crippen molar-refractivity contribution in [1.82, 2.24) is 29.7 Å². The average Bonchev–Trinajstić information content (AvgIpc) is 3.55. The predicted molar refractivity (Wildman–Crippen MR) is 178 cm³/mol. The van der Waals surface area contributed by atoms with E-state index in [-0.39, 0.29) is 11.7 Å². The highest BCUT2D eigenvalue weighted by molar-refractivity contribution is 7.98. The molecule has 6 rings (SSSR count). The number of nitrogens with one attached hydrogen (secondary N) is 1. The van der Waals surface area contributed by atoms with E-state index in [1.54, 1.807) is 18.5 Å². The second kappa shape index (κ2) is 10.6. The molecule has 43 heavy (non-hydrogen) atoms. The van der Waals surface area contributed by atoms with Crippen LogP contribution in [0.25, 0.3) is 54.9 Å². The van der Waals surface area contributed by atoms with Crippen molar-refractivity contribution in [3.8, 4) is 28.6 Å². The van der Waals surface area contributed by atoms with E-state index >= 15 is 4.39 Å². The predicted octanol–water partition coefficient (Wildman–Crippen LogP) is 8.35. The molecule has 0 bridgehead atoms.